The van der Waals surface area contributed by atoms with Gasteiger partial charge >= 0.3 is 0 Å². The van der Waals surface area contributed by atoms with E-state index in [0.717, 1.165) is 5.56 Å². The first-order chi connectivity index (χ1) is 20.7. The van der Waals surface area contributed by atoms with Crippen LogP contribution in [-0.2, 0) is 13.0 Å². The number of likely N-dealkylation sites (N-methyl/N-ethyl adjacent to an activating group) is 1. The van der Waals surface area contributed by atoms with Crippen LogP contribution in [0.15, 0.2) is 83.8 Å². The largest absolute Gasteiger partial charge is 0.377 e. The summed E-state index contributed by atoms with van der Waals surface area (Å²) >= 11 is 12.1. The summed E-state index contributed by atoms with van der Waals surface area (Å²) in [7, 11) is 3.24. The third-order valence-corrected chi connectivity index (χ3v) is 8.06. The Balaban J connectivity index is 1.53. The number of nitrogens with one attached hydrogen (secondary N) is 2. The summed E-state index contributed by atoms with van der Waals surface area (Å²) < 4.78 is 3.33. The highest BCUT2D eigenvalue weighted by atomic mass is 35.5. The zero-order valence-corrected chi connectivity index (χ0v) is 25.4. The highest BCUT2D eigenvalue weighted by Gasteiger charge is 2.21. The van der Waals surface area contributed by atoms with Crippen LogP contribution in [-0.4, -0.2) is 51.5 Å². The van der Waals surface area contributed by atoms with Crippen LogP contribution in [0.2, 0.25) is 10.0 Å². The van der Waals surface area contributed by atoms with E-state index in [1.165, 1.54) is 6.07 Å². The molecule has 11 heteroatoms. The smallest absolute Gasteiger partial charge is 0.261 e. The maximum absolute atomic E-state index is 14.2. The lowest BCUT2D eigenvalue weighted by Gasteiger charge is -2.20. The molecule has 9 nitrogen and oxygen atoms in total. The van der Waals surface area contributed by atoms with Crippen molar-refractivity contribution in [3.05, 3.63) is 127 Å². The fourth-order valence-corrected chi connectivity index (χ4v) is 5.20. The summed E-state index contributed by atoms with van der Waals surface area (Å²) in [6, 6.07) is 21.5. The zero-order chi connectivity index (χ0) is 30.7. The van der Waals surface area contributed by atoms with Crippen LogP contribution in [0.3, 0.4) is 0 Å². The van der Waals surface area contributed by atoms with Crippen LogP contribution in [0.5, 0.6) is 0 Å². The van der Waals surface area contributed by atoms with Crippen molar-refractivity contribution in [3.8, 4) is 5.69 Å². The number of anilines is 1. The number of nitrogens with zero attached hydrogens (tertiary/aromatic N) is 4. The number of hydrogen-bond acceptors (Lipinski definition) is 5. The predicted octanol–water partition coefficient (Wildman–Crippen LogP) is 5.39. The highest BCUT2D eigenvalue weighted by molar-refractivity contribution is 6.42. The average Bonchev–Trinajstić information content (AvgIpc) is 3.45. The summed E-state index contributed by atoms with van der Waals surface area (Å²) in [6.45, 7) is 2.66. The van der Waals surface area contributed by atoms with Crippen molar-refractivity contribution in [1.82, 2.24) is 24.4 Å². The number of rotatable bonds is 9. The molecule has 0 aliphatic rings. The molecule has 2 aromatic heterocycles. The molecule has 0 bridgehead atoms. The van der Waals surface area contributed by atoms with Crippen molar-refractivity contribution in [2.45, 2.75) is 19.9 Å². The number of benzene rings is 3. The number of hydrogen-bond donors (Lipinski definition) is 2. The van der Waals surface area contributed by atoms with Crippen LogP contribution in [0, 0.1) is 6.92 Å². The quantitative estimate of drug-likeness (QED) is 0.231. The number of amides is 2. The SMILES string of the molecule is CNC(=O)c1ccc(-n2c(=O)c(CCN(C)C(=O)c3ccc(Cl)c(Cl)c3)c(C)n3ncc(NCc4ccccc4)c23)cc1. The van der Waals surface area contributed by atoms with Crippen LogP contribution < -0.4 is 16.2 Å². The Bertz CT molecular complexity index is 1870. The van der Waals surface area contributed by atoms with Gasteiger partial charge in [-0.25, -0.2) is 4.52 Å². The third kappa shape index (κ3) is 6.14. The molecule has 0 atom stereocenters. The van der Waals surface area contributed by atoms with Crippen molar-refractivity contribution >= 4 is 46.4 Å². The van der Waals surface area contributed by atoms with Crippen molar-refractivity contribution in [2.24, 2.45) is 0 Å². The zero-order valence-electron chi connectivity index (χ0n) is 23.9. The molecule has 0 aliphatic heterocycles. The summed E-state index contributed by atoms with van der Waals surface area (Å²) in [5.74, 6) is -0.466. The normalized spacial score (nSPS) is 11.0. The minimum Gasteiger partial charge on any atom is -0.377 e. The van der Waals surface area contributed by atoms with Gasteiger partial charge in [-0.1, -0.05) is 53.5 Å². The monoisotopic (exact) mass is 616 g/mol. The predicted molar refractivity (Wildman–Crippen MR) is 170 cm³/mol. The first kappa shape index (κ1) is 29.9. The molecule has 0 aliphatic carbocycles. The molecule has 43 heavy (non-hydrogen) atoms. The maximum Gasteiger partial charge on any atom is 0.261 e. The molecule has 0 fully saturated rings. The molecule has 0 spiro atoms. The number of carbonyl (C=O) groups is 2. The minimum absolute atomic E-state index is 0.224. The van der Waals surface area contributed by atoms with Crippen LogP contribution in [0.25, 0.3) is 11.3 Å². The van der Waals surface area contributed by atoms with E-state index >= 15 is 0 Å². The highest BCUT2D eigenvalue weighted by Crippen LogP contribution is 2.25. The molecule has 220 valence electrons. The lowest BCUT2D eigenvalue weighted by Crippen LogP contribution is -2.33. The fraction of sp³-hybridized carbons (Fsp3) is 0.188. The van der Waals surface area contributed by atoms with Gasteiger partial charge in [0, 0.05) is 43.9 Å². The molecule has 0 saturated heterocycles. The van der Waals surface area contributed by atoms with E-state index in [-0.39, 0.29) is 30.3 Å². The molecule has 0 unspecified atom stereocenters. The molecular weight excluding hydrogens is 587 g/mol. The molecule has 3 aromatic carbocycles. The molecule has 5 rings (SSSR count). The van der Waals surface area contributed by atoms with Gasteiger partial charge in [-0.05, 0) is 61.4 Å². The van der Waals surface area contributed by atoms with Gasteiger partial charge < -0.3 is 15.5 Å². The molecule has 0 radical (unpaired) electrons. The fourth-order valence-electron chi connectivity index (χ4n) is 4.90. The Hall–Kier alpha value is -4.60. The summed E-state index contributed by atoms with van der Waals surface area (Å²) in [6.07, 6.45) is 1.98. The van der Waals surface area contributed by atoms with E-state index in [2.05, 4.69) is 15.7 Å². The topological polar surface area (TPSA) is 101 Å². The summed E-state index contributed by atoms with van der Waals surface area (Å²) in [5.41, 5.74) is 4.71. The number of carbonyl (C=O) groups excluding carboxylic acids is 2. The van der Waals surface area contributed by atoms with Gasteiger partial charge in [0.25, 0.3) is 17.4 Å². The lowest BCUT2D eigenvalue weighted by molar-refractivity contribution is 0.0796. The Morgan fingerprint density at radius 3 is 2.33 bits per heavy atom. The van der Waals surface area contributed by atoms with Gasteiger partial charge in [-0.2, -0.15) is 5.10 Å². The molecule has 0 saturated carbocycles. The molecule has 2 amide bonds. The second-order valence-electron chi connectivity index (χ2n) is 10.1. The first-order valence-electron chi connectivity index (χ1n) is 13.6. The number of halogens is 2. The van der Waals surface area contributed by atoms with E-state index in [0.29, 0.717) is 56.0 Å². The average molecular weight is 618 g/mol. The first-order valence-corrected chi connectivity index (χ1v) is 14.4. The Labute approximate surface area is 258 Å². The van der Waals surface area contributed by atoms with Gasteiger partial charge in [0.15, 0.2) is 5.65 Å². The third-order valence-electron chi connectivity index (χ3n) is 7.32. The van der Waals surface area contributed by atoms with Crippen LogP contribution in [0.1, 0.15) is 37.5 Å². The molecule has 5 aromatic rings. The minimum atomic E-state index is -0.242. The molecular formula is C32H30Cl2N6O3. The Morgan fingerprint density at radius 2 is 1.65 bits per heavy atom. The van der Waals surface area contributed by atoms with Crippen molar-refractivity contribution in [3.63, 3.8) is 0 Å². The second kappa shape index (κ2) is 12.7. The van der Waals surface area contributed by atoms with Crippen LogP contribution in [0.4, 0.5) is 5.69 Å². The summed E-state index contributed by atoms with van der Waals surface area (Å²) in [5, 5.41) is 11.3. The van der Waals surface area contributed by atoms with Crippen LogP contribution >= 0.6 is 23.2 Å². The summed E-state index contributed by atoms with van der Waals surface area (Å²) in [4.78, 5) is 41.0. The maximum atomic E-state index is 14.2. The van der Waals surface area contributed by atoms with E-state index < -0.39 is 0 Å². The lowest BCUT2D eigenvalue weighted by atomic mass is 10.1. The molecule has 2 N–H and O–H groups in total. The van der Waals surface area contributed by atoms with Gasteiger partial charge in [0.1, 0.15) is 0 Å². The van der Waals surface area contributed by atoms with Gasteiger partial charge in [-0.3, -0.25) is 19.0 Å². The van der Waals surface area contributed by atoms with E-state index in [1.54, 1.807) is 70.7 Å². The second-order valence-corrected chi connectivity index (χ2v) is 10.9. The number of fused-ring (bicyclic) bond motifs is 1. The van der Waals surface area contributed by atoms with Crippen molar-refractivity contribution in [1.29, 1.82) is 0 Å². The Morgan fingerprint density at radius 1 is 0.953 bits per heavy atom. The van der Waals surface area contributed by atoms with Crippen molar-refractivity contribution < 1.29 is 9.59 Å². The Kier molecular flexibility index (Phi) is 8.84. The van der Waals surface area contributed by atoms with Gasteiger partial charge in [-0.15, -0.1) is 0 Å². The van der Waals surface area contributed by atoms with E-state index in [9.17, 15) is 14.4 Å². The van der Waals surface area contributed by atoms with Gasteiger partial charge in [0.2, 0.25) is 0 Å². The van der Waals surface area contributed by atoms with E-state index in [4.69, 9.17) is 23.2 Å². The van der Waals surface area contributed by atoms with E-state index in [1.807, 2.05) is 37.3 Å². The van der Waals surface area contributed by atoms with Gasteiger partial charge in [0.05, 0.1) is 33.3 Å². The number of aryl methyl sites for hydroxylation is 1. The van der Waals surface area contributed by atoms with Crippen molar-refractivity contribution in [2.75, 3.05) is 26.0 Å². The molecule has 2 heterocycles. The standard InChI is InChI=1S/C32H30Cl2N6O3/c1-20-25(15-16-38(3)31(42)23-11-14-26(33)27(34)17-23)32(43)39(24-12-9-22(10-13-24)29(41)35-2)30-28(19-37-40(20)30)36-18-21-7-5-4-6-8-21/h4-14,17,19,36H,15-16,18H2,1-3H3,(H,35,41). The number of aromatic nitrogens is 3.